The van der Waals surface area contributed by atoms with Crippen LogP contribution in [0.4, 0.5) is 0 Å². The van der Waals surface area contributed by atoms with Crippen molar-refractivity contribution >= 4 is 0 Å². The van der Waals surface area contributed by atoms with Crippen LogP contribution >= 0.6 is 0 Å². The van der Waals surface area contributed by atoms with Crippen molar-refractivity contribution in [2.75, 3.05) is 6.61 Å². The normalized spacial score (nSPS) is 10.7. The minimum absolute atomic E-state index is 0.520. The molecule has 0 bridgehead atoms. The second kappa shape index (κ2) is 6.23. The van der Waals surface area contributed by atoms with Crippen molar-refractivity contribution in [1.82, 2.24) is 9.55 Å². The minimum atomic E-state index is 0.520. The van der Waals surface area contributed by atoms with Gasteiger partial charge in [0.2, 0.25) is 0 Å². The van der Waals surface area contributed by atoms with E-state index in [-0.39, 0.29) is 0 Å². The molecule has 0 amide bonds. The Hall–Kier alpha value is -2.03. The maximum absolute atomic E-state index is 5.56. The number of rotatable bonds is 6. The summed E-state index contributed by atoms with van der Waals surface area (Å²) < 4.78 is 7.67. The molecule has 100 valence electrons. The number of aromatic nitrogens is 2. The zero-order chi connectivity index (χ0) is 13.7. The quantitative estimate of drug-likeness (QED) is 0.738. The second-order valence-corrected chi connectivity index (χ2v) is 4.95. The monoisotopic (exact) mass is 256 g/mol. The van der Waals surface area contributed by atoms with Gasteiger partial charge >= 0.3 is 0 Å². The molecular weight excluding hydrogens is 236 g/mol. The molecule has 0 fully saturated rings. The summed E-state index contributed by atoms with van der Waals surface area (Å²) in [6.45, 7) is 8.59. The predicted molar refractivity (Wildman–Crippen MR) is 77.8 cm³/mol. The van der Waals surface area contributed by atoms with Gasteiger partial charge in [-0.1, -0.05) is 32.6 Å². The molecule has 1 aromatic heterocycles. The molecule has 0 aliphatic heterocycles. The molecule has 0 N–H and O–H groups in total. The van der Waals surface area contributed by atoms with Crippen LogP contribution in [0.2, 0.25) is 0 Å². The van der Waals surface area contributed by atoms with Crippen LogP contribution in [-0.2, 0) is 6.42 Å². The van der Waals surface area contributed by atoms with Crippen molar-refractivity contribution in [2.24, 2.45) is 5.92 Å². The van der Waals surface area contributed by atoms with E-state index in [9.17, 15) is 0 Å². The van der Waals surface area contributed by atoms with Gasteiger partial charge in [0.25, 0.3) is 0 Å². The zero-order valence-electron chi connectivity index (χ0n) is 11.5. The standard InChI is InChI=1S/C16H20N2O/c1-4-8-19-16-7-5-6-14(10-16)18-12-17-11-15(18)9-13(2)3/h4-7,10-13H,1,8-9H2,2-3H3. The Labute approximate surface area is 114 Å². The van der Waals surface area contributed by atoms with E-state index < -0.39 is 0 Å². The Morgan fingerprint density at radius 3 is 3.00 bits per heavy atom. The summed E-state index contributed by atoms with van der Waals surface area (Å²) in [4.78, 5) is 4.25. The fraction of sp³-hybridized carbons (Fsp3) is 0.312. The van der Waals surface area contributed by atoms with E-state index in [1.807, 2.05) is 30.7 Å². The van der Waals surface area contributed by atoms with Crippen molar-refractivity contribution in [1.29, 1.82) is 0 Å². The SMILES string of the molecule is C=CCOc1cccc(-n2cncc2CC(C)C)c1. The molecular formula is C16H20N2O. The molecule has 0 aliphatic carbocycles. The summed E-state index contributed by atoms with van der Waals surface area (Å²) in [5.41, 5.74) is 2.30. The van der Waals surface area contributed by atoms with Gasteiger partial charge in [-0.25, -0.2) is 4.98 Å². The maximum Gasteiger partial charge on any atom is 0.121 e. The summed E-state index contributed by atoms with van der Waals surface area (Å²) >= 11 is 0. The van der Waals surface area contributed by atoms with Crippen LogP contribution < -0.4 is 4.74 Å². The second-order valence-electron chi connectivity index (χ2n) is 4.95. The van der Waals surface area contributed by atoms with Crippen LogP contribution in [0.25, 0.3) is 5.69 Å². The summed E-state index contributed by atoms with van der Waals surface area (Å²) in [6.07, 6.45) is 6.54. The first-order chi connectivity index (χ1) is 9.20. The third-order valence-electron chi connectivity index (χ3n) is 2.80. The average molecular weight is 256 g/mol. The molecule has 0 spiro atoms. The fourth-order valence-corrected chi connectivity index (χ4v) is 2.00. The van der Waals surface area contributed by atoms with Crippen LogP contribution in [-0.4, -0.2) is 16.2 Å². The van der Waals surface area contributed by atoms with Gasteiger partial charge in [0, 0.05) is 18.0 Å². The Morgan fingerprint density at radius 1 is 1.42 bits per heavy atom. The van der Waals surface area contributed by atoms with Gasteiger partial charge in [-0.05, 0) is 24.5 Å². The molecule has 3 heteroatoms. The topological polar surface area (TPSA) is 27.1 Å². The highest BCUT2D eigenvalue weighted by molar-refractivity contribution is 5.40. The minimum Gasteiger partial charge on any atom is -0.489 e. The first-order valence-electron chi connectivity index (χ1n) is 6.56. The number of hydrogen-bond acceptors (Lipinski definition) is 2. The lowest BCUT2D eigenvalue weighted by atomic mass is 10.1. The van der Waals surface area contributed by atoms with Gasteiger partial charge in [-0.2, -0.15) is 0 Å². The van der Waals surface area contributed by atoms with Crippen LogP contribution in [0.5, 0.6) is 5.75 Å². The van der Waals surface area contributed by atoms with Crippen LogP contribution in [0.1, 0.15) is 19.5 Å². The van der Waals surface area contributed by atoms with Crippen LogP contribution in [0.15, 0.2) is 49.4 Å². The van der Waals surface area contributed by atoms with E-state index in [1.165, 1.54) is 5.69 Å². The lowest BCUT2D eigenvalue weighted by molar-refractivity contribution is 0.363. The van der Waals surface area contributed by atoms with Gasteiger partial charge in [0.15, 0.2) is 0 Å². The van der Waals surface area contributed by atoms with E-state index in [0.717, 1.165) is 17.9 Å². The molecule has 2 rings (SSSR count). The van der Waals surface area contributed by atoms with E-state index in [2.05, 4.69) is 36.0 Å². The average Bonchev–Trinajstić information content (AvgIpc) is 2.84. The molecule has 1 aromatic carbocycles. The molecule has 0 radical (unpaired) electrons. The molecule has 0 saturated carbocycles. The third kappa shape index (κ3) is 3.47. The van der Waals surface area contributed by atoms with Crippen molar-refractivity contribution in [3.63, 3.8) is 0 Å². The lowest BCUT2D eigenvalue weighted by Crippen LogP contribution is -2.03. The summed E-state index contributed by atoms with van der Waals surface area (Å²) in [7, 11) is 0. The highest BCUT2D eigenvalue weighted by Crippen LogP contribution is 2.19. The number of nitrogens with zero attached hydrogens (tertiary/aromatic N) is 2. The Bertz CT molecular complexity index is 543. The first kappa shape index (κ1) is 13.4. The van der Waals surface area contributed by atoms with E-state index in [0.29, 0.717) is 12.5 Å². The molecule has 0 unspecified atom stereocenters. The highest BCUT2D eigenvalue weighted by atomic mass is 16.5. The molecule has 19 heavy (non-hydrogen) atoms. The Kier molecular flexibility index (Phi) is 4.39. The number of imidazole rings is 1. The highest BCUT2D eigenvalue weighted by Gasteiger charge is 2.07. The van der Waals surface area contributed by atoms with Crippen molar-refractivity contribution in [3.8, 4) is 11.4 Å². The molecule has 1 heterocycles. The van der Waals surface area contributed by atoms with Gasteiger partial charge < -0.3 is 9.30 Å². The van der Waals surface area contributed by atoms with E-state index in [4.69, 9.17) is 4.74 Å². The van der Waals surface area contributed by atoms with Crippen molar-refractivity contribution < 1.29 is 4.74 Å². The van der Waals surface area contributed by atoms with Gasteiger partial charge in [-0.15, -0.1) is 0 Å². The first-order valence-corrected chi connectivity index (χ1v) is 6.56. The Balaban J connectivity index is 2.26. The van der Waals surface area contributed by atoms with Gasteiger partial charge in [0.1, 0.15) is 12.4 Å². The smallest absolute Gasteiger partial charge is 0.121 e. The number of hydrogen-bond donors (Lipinski definition) is 0. The molecule has 0 saturated heterocycles. The number of benzene rings is 1. The molecule has 3 nitrogen and oxygen atoms in total. The third-order valence-corrected chi connectivity index (χ3v) is 2.80. The summed E-state index contributed by atoms with van der Waals surface area (Å²) in [5.74, 6) is 1.46. The Morgan fingerprint density at radius 2 is 2.26 bits per heavy atom. The van der Waals surface area contributed by atoms with E-state index in [1.54, 1.807) is 6.08 Å². The molecule has 2 aromatic rings. The summed E-state index contributed by atoms with van der Waals surface area (Å²) in [6, 6.07) is 8.03. The van der Waals surface area contributed by atoms with Crippen LogP contribution in [0, 0.1) is 5.92 Å². The number of ether oxygens (including phenoxy) is 1. The zero-order valence-corrected chi connectivity index (χ0v) is 11.5. The van der Waals surface area contributed by atoms with E-state index >= 15 is 0 Å². The van der Waals surface area contributed by atoms with Gasteiger partial charge in [0.05, 0.1) is 12.0 Å². The van der Waals surface area contributed by atoms with Gasteiger partial charge in [-0.3, -0.25) is 0 Å². The predicted octanol–water partition coefficient (Wildman–Crippen LogP) is 3.64. The largest absolute Gasteiger partial charge is 0.489 e. The maximum atomic E-state index is 5.56. The summed E-state index contributed by atoms with van der Waals surface area (Å²) in [5, 5.41) is 0. The van der Waals surface area contributed by atoms with Crippen LogP contribution in [0.3, 0.4) is 0 Å². The van der Waals surface area contributed by atoms with Crippen molar-refractivity contribution in [3.05, 3.63) is 55.1 Å². The lowest BCUT2D eigenvalue weighted by Gasteiger charge is -2.11. The van der Waals surface area contributed by atoms with Crippen molar-refractivity contribution in [2.45, 2.75) is 20.3 Å². The molecule has 0 aliphatic rings. The fourth-order valence-electron chi connectivity index (χ4n) is 2.00. The molecule has 0 atom stereocenters.